The molecule has 26 heavy (non-hydrogen) atoms. The summed E-state index contributed by atoms with van der Waals surface area (Å²) in [6.45, 7) is 0. The smallest absolute Gasteiger partial charge is 0.239 e. The lowest BCUT2D eigenvalue weighted by atomic mass is 9.90. The predicted octanol–water partition coefficient (Wildman–Crippen LogP) is 4.80. The fourth-order valence-electron chi connectivity index (χ4n) is 3.60. The van der Waals surface area contributed by atoms with E-state index in [-0.39, 0.29) is 0 Å². The lowest BCUT2D eigenvalue weighted by molar-refractivity contribution is -0.576. The maximum atomic E-state index is 6.64. The number of hydrogen-bond donors (Lipinski definition) is 0. The molecule has 8 heteroatoms. The Bertz CT molecular complexity index is 777. The van der Waals surface area contributed by atoms with E-state index in [0.29, 0.717) is 11.1 Å². The molecule has 4 aliphatic rings. The minimum Gasteiger partial charge on any atom is -0.317 e. The molecule has 0 amide bonds. The average molecular weight is 434 g/mol. The number of alkyl halides is 4. The highest BCUT2D eigenvalue weighted by Crippen LogP contribution is 2.69. The lowest BCUT2D eigenvalue weighted by Crippen LogP contribution is -2.81. The van der Waals surface area contributed by atoms with Crippen LogP contribution < -0.4 is 0 Å². The van der Waals surface area contributed by atoms with E-state index in [1.165, 1.54) is 0 Å². The van der Waals surface area contributed by atoms with E-state index in [2.05, 4.69) is 0 Å². The Labute approximate surface area is 169 Å². The van der Waals surface area contributed by atoms with Crippen LogP contribution in [0.5, 0.6) is 0 Å². The van der Waals surface area contributed by atoms with Gasteiger partial charge in [0.25, 0.3) is 0 Å². The fraction of sp³-hybridized carbons (Fsp3) is 0.333. The van der Waals surface area contributed by atoms with Crippen LogP contribution in [-0.4, -0.2) is 21.2 Å². The van der Waals surface area contributed by atoms with Gasteiger partial charge < -0.3 is 18.9 Å². The zero-order chi connectivity index (χ0) is 18.2. The lowest BCUT2D eigenvalue weighted by Gasteiger charge is -2.67. The maximum Gasteiger partial charge on any atom is 0.239 e. The molecule has 0 N–H and O–H groups in total. The summed E-state index contributed by atoms with van der Waals surface area (Å²) < 4.78 is 20.7. The Morgan fingerprint density at radius 1 is 0.615 bits per heavy atom. The highest BCUT2D eigenvalue weighted by molar-refractivity contribution is 6.51. The largest absolute Gasteiger partial charge is 0.317 e. The van der Waals surface area contributed by atoms with Crippen LogP contribution in [-0.2, 0) is 30.5 Å². The van der Waals surface area contributed by atoms with Gasteiger partial charge in [0.05, 0.1) is 0 Å². The Morgan fingerprint density at radius 3 is 1.38 bits per heavy atom. The maximum absolute atomic E-state index is 6.64. The SMILES string of the molecule is ClC1(Cl)C2OC3OC1(c1ccccc1)OC(c1ccccc1)(O2)C3(Cl)Cl. The summed E-state index contributed by atoms with van der Waals surface area (Å²) in [4.78, 5) is 0. The van der Waals surface area contributed by atoms with Crippen molar-refractivity contribution in [3.05, 3.63) is 71.8 Å². The Balaban J connectivity index is 1.76. The molecule has 4 nitrogen and oxygen atoms in total. The van der Waals surface area contributed by atoms with Gasteiger partial charge in [-0.1, -0.05) is 107 Å². The molecule has 0 saturated carbocycles. The van der Waals surface area contributed by atoms with Gasteiger partial charge in [-0.25, -0.2) is 0 Å². The van der Waals surface area contributed by atoms with Gasteiger partial charge in [-0.15, -0.1) is 0 Å². The van der Waals surface area contributed by atoms with Crippen molar-refractivity contribution in [2.24, 2.45) is 0 Å². The summed E-state index contributed by atoms with van der Waals surface area (Å²) in [7, 11) is 0. The van der Waals surface area contributed by atoms with Crippen LogP contribution in [0.3, 0.4) is 0 Å². The highest BCUT2D eigenvalue weighted by Gasteiger charge is 2.82. The van der Waals surface area contributed by atoms with E-state index in [1.807, 2.05) is 36.4 Å². The summed E-state index contributed by atoms with van der Waals surface area (Å²) in [6, 6.07) is 18.2. The Hall–Kier alpha value is -0.560. The second-order valence-electron chi connectivity index (χ2n) is 6.35. The topological polar surface area (TPSA) is 36.9 Å². The number of hydrogen-bond acceptors (Lipinski definition) is 4. The van der Waals surface area contributed by atoms with Gasteiger partial charge in [-0.05, 0) is 0 Å². The average Bonchev–Trinajstić information content (AvgIpc) is 2.62. The van der Waals surface area contributed by atoms with Crippen LogP contribution in [0.4, 0.5) is 0 Å². The van der Waals surface area contributed by atoms with E-state index in [9.17, 15) is 0 Å². The second-order valence-corrected chi connectivity index (χ2v) is 9.12. The van der Waals surface area contributed by atoms with Crippen molar-refractivity contribution >= 4 is 46.4 Å². The van der Waals surface area contributed by atoms with Gasteiger partial charge >= 0.3 is 0 Å². The van der Waals surface area contributed by atoms with Gasteiger partial charge in [-0.2, -0.15) is 0 Å². The van der Waals surface area contributed by atoms with E-state index in [0.717, 1.165) is 0 Å². The number of ether oxygens (including phenoxy) is 4. The van der Waals surface area contributed by atoms with Crippen molar-refractivity contribution in [2.45, 2.75) is 32.8 Å². The van der Waals surface area contributed by atoms with Crippen molar-refractivity contribution in [1.29, 1.82) is 0 Å². The molecule has 0 spiro atoms. The van der Waals surface area contributed by atoms with Gasteiger partial charge in [0, 0.05) is 11.1 Å². The summed E-state index contributed by atoms with van der Waals surface area (Å²) in [5.74, 6) is -3.15. The molecule has 2 aromatic rings. The van der Waals surface area contributed by atoms with E-state index in [1.54, 1.807) is 24.3 Å². The van der Waals surface area contributed by atoms with Crippen LogP contribution in [0.25, 0.3) is 0 Å². The van der Waals surface area contributed by atoms with Crippen LogP contribution in [0.1, 0.15) is 11.1 Å². The zero-order valence-electron chi connectivity index (χ0n) is 13.1. The van der Waals surface area contributed by atoms with Crippen molar-refractivity contribution in [1.82, 2.24) is 0 Å². The number of benzene rings is 2. The molecule has 4 saturated heterocycles. The number of rotatable bonds is 2. The van der Waals surface area contributed by atoms with Gasteiger partial charge in [0.15, 0.2) is 0 Å². The third kappa shape index (κ3) is 1.97. The molecule has 2 aromatic carbocycles. The predicted molar refractivity (Wildman–Crippen MR) is 97.0 cm³/mol. The molecular formula is C18H12Cl4O4. The first kappa shape index (κ1) is 17.5. The molecule has 4 aliphatic heterocycles. The van der Waals surface area contributed by atoms with Crippen molar-refractivity contribution in [3.8, 4) is 0 Å². The third-order valence-electron chi connectivity index (χ3n) is 4.86. The minimum atomic E-state index is -1.69. The first-order valence-corrected chi connectivity index (χ1v) is 9.43. The van der Waals surface area contributed by atoms with Gasteiger partial charge in [-0.3, -0.25) is 0 Å². The Morgan fingerprint density at radius 2 is 1.00 bits per heavy atom. The summed E-state index contributed by atoms with van der Waals surface area (Å²) >= 11 is 26.6. The monoisotopic (exact) mass is 432 g/mol. The molecule has 0 aliphatic carbocycles. The van der Waals surface area contributed by atoms with Crippen LogP contribution in [0, 0.1) is 0 Å². The zero-order valence-corrected chi connectivity index (χ0v) is 16.1. The third-order valence-corrected chi connectivity index (χ3v) is 6.57. The first-order valence-electron chi connectivity index (χ1n) is 7.91. The molecule has 6 rings (SSSR count). The molecule has 136 valence electrons. The van der Waals surface area contributed by atoms with Crippen LogP contribution in [0.2, 0.25) is 0 Å². The first-order chi connectivity index (χ1) is 12.3. The fourth-order valence-corrected chi connectivity index (χ4v) is 4.75. The summed E-state index contributed by atoms with van der Waals surface area (Å²) in [5.41, 5.74) is 1.21. The molecule has 4 heterocycles. The summed E-state index contributed by atoms with van der Waals surface area (Å²) in [6.07, 6.45) is -2.13. The van der Waals surface area contributed by atoms with Crippen molar-refractivity contribution in [3.63, 3.8) is 0 Å². The Kier molecular flexibility index (Phi) is 3.70. The molecule has 0 aromatic heterocycles. The van der Waals surface area contributed by atoms with Crippen molar-refractivity contribution in [2.75, 3.05) is 0 Å². The van der Waals surface area contributed by atoms with E-state index >= 15 is 0 Å². The molecule has 4 fully saturated rings. The molecular weight excluding hydrogens is 422 g/mol. The number of halogens is 4. The molecule has 0 radical (unpaired) electrons. The van der Waals surface area contributed by atoms with Crippen LogP contribution in [0.15, 0.2) is 60.7 Å². The van der Waals surface area contributed by atoms with Gasteiger partial charge in [0.1, 0.15) is 0 Å². The quantitative estimate of drug-likeness (QED) is 0.637. The minimum absolute atomic E-state index is 0.607. The molecule has 4 atom stereocenters. The summed E-state index contributed by atoms with van der Waals surface area (Å²) in [5, 5.41) is 0. The molecule has 4 bridgehead atoms. The normalized spacial score (nSPS) is 39.1. The standard InChI is InChI=1S/C18H12Cl4O4/c19-15(20)13-23-14-16(21,22)18(25-13,12-9-5-2-6-10-12)26-17(15,24-14)11-7-3-1-4-8-11/h1-10,13-14H. The van der Waals surface area contributed by atoms with E-state index < -0.39 is 32.8 Å². The van der Waals surface area contributed by atoms with E-state index in [4.69, 9.17) is 65.4 Å². The van der Waals surface area contributed by atoms with Crippen LogP contribution >= 0.6 is 46.4 Å². The highest BCUT2D eigenvalue weighted by atomic mass is 35.5. The van der Waals surface area contributed by atoms with Crippen molar-refractivity contribution < 1.29 is 18.9 Å². The van der Waals surface area contributed by atoms with Gasteiger partial charge in [0.2, 0.25) is 32.8 Å². The second kappa shape index (κ2) is 5.49. The molecule has 4 unspecified atom stereocenters.